The van der Waals surface area contributed by atoms with Crippen molar-refractivity contribution in [3.05, 3.63) is 0 Å². The molecule has 2 unspecified atom stereocenters. The van der Waals surface area contributed by atoms with Gasteiger partial charge in [-0.3, -0.25) is 9.69 Å². The van der Waals surface area contributed by atoms with Gasteiger partial charge in [-0.05, 0) is 13.3 Å². The molecule has 1 saturated heterocycles. The molecule has 1 aliphatic rings. The topological polar surface area (TPSA) is 49.6 Å². The van der Waals surface area contributed by atoms with Gasteiger partial charge in [0, 0.05) is 44.7 Å². The van der Waals surface area contributed by atoms with Gasteiger partial charge in [-0.25, -0.2) is 0 Å². The maximum Gasteiger partial charge on any atom is 0.226 e. The van der Waals surface area contributed by atoms with Crippen LogP contribution in [0, 0.1) is 5.92 Å². The molecule has 1 amide bonds. The highest BCUT2D eigenvalue weighted by Gasteiger charge is 2.25. The predicted molar refractivity (Wildman–Crippen MR) is 66.1 cm³/mol. The molecule has 0 saturated carbocycles. The van der Waals surface area contributed by atoms with Crippen LogP contribution >= 0.6 is 0 Å². The molecule has 0 aromatic rings. The Hall–Kier alpha value is -0.610. The highest BCUT2D eigenvalue weighted by molar-refractivity contribution is 5.78. The van der Waals surface area contributed by atoms with Crippen molar-refractivity contribution in [3.8, 4) is 0 Å². The lowest BCUT2D eigenvalue weighted by Crippen LogP contribution is -2.52. The molecular formula is C12H25N3O. The summed E-state index contributed by atoms with van der Waals surface area (Å²) in [4.78, 5) is 16.3. The molecule has 94 valence electrons. The standard InChI is InChI=1S/C12H25N3O/c1-4-11(3)14-5-7-15(8-6-14)12(16)10(2)9-13/h10-11H,4-9,13H2,1-3H3. The van der Waals surface area contributed by atoms with Crippen LogP contribution in [0.2, 0.25) is 0 Å². The molecule has 4 nitrogen and oxygen atoms in total. The third-order valence-corrected chi connectivity index (χ3v) is 3.62. The minimum atomic E-state index is -0.0323. The first kappa shape index (κ1) is 13.5. The fourth-order valence-corrected chi connectivity index (χ4v) is 2.05. The summed E-state index contributed by atoms with van der Waals surface area (Å²) in [5.74, 6) is 0.182. The number of carbonyl (C=O) groups excluding carboxylic acids is 1. The van der Waals surface area contributed by atoms with Gasteiger partial charge in [-0.2, -0.15) is 0 Å². The maximum absolute atomic E-state index is 11.9. The molecule has 16 heavy (non-hydrogen) atoms. The lowest BCUT2D eigenvalue weighted by Gasteiger charge is -2.38. The number of amides is 1. The Kier molecular flexibility index (Phi) is 5.22. The first-order valence-corrected chi connectivity index (χ1v) is 6.33. The Morgan fingerprint density at radius 1 is 1.25 bits per heavy atom. The number of nitrogens with two attached hydrogens (primary N) is 1. The van der Waals surface area contributed by atoms with Crippen molar-refractivity contribution in [3.63, 3.8) is 0 Å². The molecule has 0 bridgehead atoms. The van der Waals surface area contributed by atoms with Crippen LogP contribution in [0.3, 0.4) is 0 Å². The van der Waals surface area contributed by atoms with E-state index in [1.807, 2.05) is 11.8 Å². The number of nitrogens with zero attached hydrogens (tertiary/aromatic N) is 2. The van der Waals surface area contributed by atoms with E-state index in [0.29, 0.717) is 12.6 Å². The number of piperazine rings is 1. The van der Waals surface area contributed by atoms with Crippen molar-refractivity contribution >= 4 is 5.91 Å². The van der Waals surface area contributed by atoms with Crippen LogP contribution < -0.4 is 5.73 Å². The fraction of sp³-hybridized carbons (Fsp3) is 0.917. The van der Waals surface area contributed by atoms with Crippen molar-refractivity contribution in [1.82, 2.24) is 9.80 Å². The second-order valence-corrected chi connectivity index (χ2v) is 4.76. The molecule has 2 N–H and O–H groups in total. The predicted octanol–water partition coefficient (Wildman–Crippen LogP) is 0.524. The van der Waals surface area contributed by atoms with Gasteiger partial charge in [0.2, 0.25) is 5.91 Å². The van der Waals surface area contributed by atoms with E-state index >= 15 is 0 Å². The number of carbonyl (C=O) groups is 1. The Morgan fingerprint density at radius 3 is 2.25 bits per heavy atom. The second-order valence-electron chi connectivity index (χ2n) is 4.76. The number of rotatable bonds is 4. The van der Waals surface area contributed by atoms with Crippen molar-refractivity contribution in [2.45, 2.75) is 33.2 Å². The third kappa shape index (κ3) is 3.19. The highest BCUT2D eigenvalue weighted by atomic mass is 16.2. The molecule has 1 fully saturated rings. The van der Waals surface area contributed by atoms with Crippen LogP contribution in [-0.4, -0.2) is 54.5 Å². The minimum absolute atomic E-state index is 0.0323. The third-order valence-electron chi connectivity index (χ3n) is 3.62. The molecule has 1 aliphatic heterocycles. The lowest BCUT2D eigenvalue weighted by molar-refractivity contribution is -0.136. The zero-order valence-electron chi connectivity index (χ0n) is 10.8. The second kappa shape index (κ2) is 6.21. The Balaban J connectivity index is 2.40. The zero-order chi connectivity index (χ0) is 12.1. The van der Waals surface area contributed by atoms with Crippen LogP contribution in [0.5, 0.6) is 0 Å². The quantitative estimate of drug-likeness (QED) is 0.762. The minimum Gasteiger partial charge on any atom is -0.340 e. The van der Waals surface area contributed by atoms with Crippen LogP contribution in [0.4, 0.5) is 0 Å². The van der Waals surface area contributed by atoms with Gasteiger partial charge in [0.05, 0.1) is 0 Å². The summed E-state index contributed by atoms with van der Waals surface area (Å²) in [6.45, 7) is 10.5. The van der Waals surface area contributed by atoms with E-state index in [9.17, 15) is 4.79 Å². The van der Waals surface area contributed by atoms with Gasteiger partial charge in [0.15, 0.2) is 0 Å². The summed E-state index contributed by atoms with van der Waals surface area (Å²) in [6, 6.07) is 0.629. The van der Waals surface area contributed by atoms with Gasteiger partial charge in [0.25, 0.3) is 0 Å². The molecule has 1 heterocycles. The lowest BCUT2D eigenvalue weighted by atomic mass is 10.1. The number of hydrogen-bond acceptors (Lipinski definition) is 3. The van der Waals surface area contributed by atoms with Crippen molar-refractivity contribution in [2.75, 3.05) is 32.7 Å². The summed E-state index contributed by atoms with van der Waals surface area (Å²) >= 11 is 0. The Bertz CT molecular complexity index is 224. The van der Waals surface area contributed by atoms with E-state index in [-0.39, 0.29) is 11.8 Å². The molecule has 0 spiro atoms. The van der Waals surface area contributed by atoms with Gasteiger partial charge >= 0.3 is 0 Å². The van der Waals surface area contributed by atoms with Crippen molar-refractivity contribution in [2.24, 2.45) is 11.7 Å². The summed E-state index contributed by atoms with van der Waals surface area (Å²) in [7, 11) is 0. The average Bonchev–Trinajstić information content (AvgIpc) is 2.36. The van der Waals surface area contributed by atoms with Gasteiger partial charge in [-0.1, -0.05) is 13.8 Å². The summed E-state index contributed by atoms with van der Waals surface area (Å²) in [5.41, 5.74) is 5.52. The number of hydrogen-bond donors (Lipinski definition) is 1. The molecular weight excluding hydrogens is 202 g/mol. The molecule has 2 atom stereocenters. The zero-order valence-corrected chi connectivity index (χ0v) is 10.8. The molecule has 0 aliphatic carbocycles. The maximum atomic E-state index is 11.9. The molecule has 4 heteroatoms. The fourth-order valence-electron chi connectivity index (χ4n) is 2.05. The van der Waals surface area contributed by atoms with E-state index in [2.05, 4.69) is 18.7 Å². The van der Waals surface area contributed by atoms with Crippen LogP contribution in [-0.2, 0) is 4.79 Å². The monoisotopic (exact) mass is 227 g/mol. The first-order chi connectivity index (χ1) is 7.60. The van der Waals surface area contributed by atoms with E-state index < -0.39 is 0 Å². The smallest absolute Gasteiger partial charge is 0.226 e. The largest absolute Gasteiger partial charge is 0.340 e. The van der Waals surface area contributed by atoms with E-state index in [0.717, 1.165) is 26.2 Å². The molecule has 0 aromatic carbocycles. The van der Waals surface area contributed by atoms with Crippen molar-refractivity contribution < 1.29 is 4.79 Å². The van der Waals surface area contributed by atoms with Gasteiger partial charge < -0.3 is 10.6 Å². The van der Waals surface area contributed by atoms with E-state index in [1.54, 1.807) is 0 Å². The highest BCUT2D eigenvalue weighted by Crippen LogP contribution is 2.10. The van der Waals surface area contributed by atoms with Gasteiger partial charge in [-0.15, -0.1) is 0 Å². The normalized spacial score (nSPS) is 21.9. The summed E-state index contributed by atoms with van der Waals surface area (Å²) in [6.07, 6.45) is 1.17. The van der Waals surface area contributed by atoms with Gasteiger partial charge in [0.1, 0.15) is 0 Å². The van der Waals surface area contributed by atoms with Crippen LogP contribution in [0.1, 0.15) is 27.2 Å². The van der Waals surface area contributed by atoms with Crippen molar-refractivity contribution in [1.29, 1.82) is 0 Å². The first-order valence-electron chi connectivity index (χ1n) is 6.33. The molecule has 0 radical (unpaired) electrons. The van der Waals surface area contributed by atoms with Crippen LogP contribution in [0.15, 0.2) is 0 Å². The Labute approximate surface area is 98.8 Å². The van der Waals surface area contributed by atoms with Crippen LogP contribution in [0.25, 0.3) is 0 Å². The SMILES string of the molecule is CCC(C)N1CCN(C(=O)C(C)CN)CC1. The average molecular weight is 227 g/mol. The Morgan fingerprint density at radius 2 is 1.81 bits per heavy atom. The molecule has 1 rings (SSSR count). The van der Waals surface area contributed by atoms with E-state index in [4.69, 9.17) is 5.73 Å². The summed E-state index contributed by atoms with van der Waals surface area (Å²) in [5, 5.41) is 0. The van der Waals surface area contributed by atoms with E-state index in [1.165, 1.54) is 6.42 Å². The molecule has 0 aromatic heterocycles. The summed E-state index contributed by atoms with van der Waals surface area (Å²) < 4.78 is 0.